The lowest BCUT2D eigenvalue weighted by molar-refractivity contribution is -0.139. The predicted octanol–water partition coefficient (Wildman–Crippen LogP) is 4.02. The maximum Gasteiger partial charge on any atom is 0.226 e. The predicted molar refractivity (Wildman–Crippen MR) is 122 cm³/mol. The van der Waals surface area contributed by atoms with Crippen LogP contribution in [0.5, 0.6) is 0 Å². The minimum absolute atomic E-state index is 0.00379. The molecule has 2 aromatic carbocycles. The highest BCUT2D eigenvalue weighted by Gasteiger charge is 2.61. The number of nitrogens with one attached hydrogen (secondary N) is 1. The van der Waals surface area contributed by atoms with E-state index in [1.165, 1.54) is 6.07 Å². The van der Waals surface area contributed by atoms with Gasteiger partial charge in [-0.3, -0.25) is 4.79 Å². The molecule has 2 aliphatic carbocycles. The van der Waals surface area contributed by atoms with Crippen LogP contribution in [0.3, 0.4) is 0 Å². The number of hydrogen-bond acceptors (Lipinski definition) is 3. The van der Waals surface area contributed by atoms with Gasteiger partial charge in [-0.25, -0.2) is 26.3 Å². The first-order valence-corrected chi connectivity index (χ1v) is 13.5. The van der Waals surface area contributed by atoms with Crippen molar-refractivity contribution in [1.82, 2.24) is 9.62 Å². The number of halogens is 3. The highest BCUT2D eigenvalue weighted by atomic mass is 32.2. The molecule has 2 saturated carbocycles. The van der Waals surface area contributed by atoms with E-state index in [2.05, 4.69) is 4.72 Å². The maximum atomic E-state index is 15.6. The smallest absolute Gasteiger partial charge is 0.226 e. The summed E-state index contributed by atoms with van der Waals surface area (Å²) in [5.74, 6) is -2.30. The standard InChI is InChI=1S/C25H27F3N2O3S/c1-34(32,33)29-23-21(30(14-25(23)8-9-25)24(31)15-4-2-5-15)12-16-6-3-7-20(22(16)28)17-10-18(26)13-19(27)11-17/h3,6-7,10-11,13,15,21,23,29H,2,4-5,8-9,12,14H2,1H3/t21-,23+/m0/s1. The molecule has 1 saturated heterocycles. The summed E-state index contributed by atoms with van der Waals surface area (Å²) in [6.07, 6.45) is 5.42. The largest absolute Gasteiger partial charge is 0.337 e. The number of hydrogen-bond donors (Lipinski definition) is 1. The van der Waals surface area contributed by atoms with Crippen LogP contribution in [0.15, 0.2) is 36.4 Å². The van der Waals surface area contributed by atoms with Gasteiger partial charge in [-0.1, -0.05) is 24.6 Å². The number of likely N-dealkylation sites (tertiary alicyclic amines) is 1. The molecule has 2 aromatic rings. The Bertz CT molecular complexity index is 1220. The van der Waals surface area contributed by atoms with Crippen LogP contribution in [-0.2, 0) is 21.2 Å². The quantitative estimate of drug-likeness (QED) is 0.663. The average molecular weight is 493 g/mol. The lowest BCUT2D eigenvalue weighted by Gasteiger charge is -2.34. The van der Waals surface area contributed by atoms with Crippen molar-refractivity contribution in [2.75, 3.05) is 12.8 Å². The van der Waals surface area contributed by atoms with Crippen LogP contribution in [-0.4, -0.2) is 44.1 Å². The van der Waals surface area contributed by atoms with Gasteiger partial charge in [0.25, 0.3) is 0 Å². The molecule has 5 rings (SSSR count). The highest BCUT2D eigenvalue weighted by molar-refractivity contribution is 7.88. The third-order valence-corrected chi connectivity index (χ3v) is 8.26. The summed E-state index contributed by atoms with van der Waals surface area (Å²) in [6.45, 7) is 0.455. The lowest BCUT2D eigenvalue weighted by atomic mass is 9.84. The first kappa shape index (κ1) is 23.4. The highest BCUT2D eigenvalue weighted by Crippen LogP contribution is 2.56. The molecule has 182 valence electrons. The molecular formula is C25H27F3N2O3S. The van der Waals surface area contributed by atoms with Crippen LogP contribution in [0.25, 0.3) is 11.1 Å². The molecule has 3 aliphatic rings. The van der Waals surface area contributed by atoms with E-state index in [4.69, 9.17) is 0 Å². The zero-order valence-corrected chi connectivity index (χ0v) is 19.7. The molecule has 9 heteroatoms. The topological polar surface area (TPSA) is 66.5 Å². The molecule has 2 atom stereocenters. The Kier molecular flexibility index (Phi) is 5.75. The molecular weight excluding hydrogens is 465 g/mol. The first-order valence-electron chi connectivity index (χ1n) is 11.6. The van der Waals surface area contributed by atoms with E-state index >= 15 is 4.39 Å². The van der Waals surface area contributed by atoms with Gasteiger partial charge in [0.1, 0.15) is 17.5 Å². The molecule has 34 heavy (non-hydrogen) atoms. The molecule has 0 aromatic heterocycles. The summed E-state index contributed by atoms with van der Waals surface area (Å²) >= 11 is 0. The van der Waals surface area contributed by atoms with E-state index in [0.717, 1.165) is 56.6 Å². The second-order valence-corrected chi connectivity index (χ2v) is 11.8. The molecule has 1 spiro atoms. The Labute approximate surface area is 197 Å². The molecule has 1 heterocycles. The number of carbonyl (C=O) groups excluding carboxylic acids is 1. The molecule has 1 N–H and O–H groups in total. The SMILES string of the molecule is CS(=O)(=O)N[C@@H]1[C@H](Cc2cccc(-c3cc(F)cc(F)c3)c2F)N(C(=O)C2CCC2)CC12CC2. The third-order valence-electron chi connectivity index (χ3n) is 7.58. The van der Waals surface area contributed by atoms with Gasteiger partial charge in [0.2, 0.25) is 15.9 Å². The minimum Gasteiger partial charge on any atom is -0.337 e. The lowest BCUT2D eigenvalue weighted by Crippen LogP contribution is -2.51. The summed E-state index contributed by atoms with van der Waals surface area (Å²) < 4.78 is 70.3. The second kappa shape index (κ2) is 8.37. The zero-order valence-electron chi connectivity index (χ0n) is 18.9. The van der Waals surface area contributed by atoms with Crippen molar-refractivity contribution in [1.29, 1.82) is 0 Å². The number of amides is 1. The third kappa shape index (κ3) is 4.35. The monoisotopic (exact) mass is 492 g/mol. The van der Waals surface area contributed by atoms with E-state index in [1.54, 1.807) is 17.0 Å². The van der Waals surface area contributed by atoms with Gasteiger partial charge >= 0.3 is 0 Å². The molecule has 0 radical (unpaired) electrons. The van der Waals surface area contributed by atoms with Crippen molar-refractivity contribution in [3.63, 3.8) is 0 Å². The van der Waals surface area contributed by atoms with Gasteiger partial charge < -0.3 is 4.90 Å². The van der Waals surface area contributed by atoms with Gasteiger partial charge in [0, 0.05) is 35.5 Å². The van der Waals surface area contributed by atoms with Crippen molar-refractivity contribution < 1.29 is 26.4 Å². The van der Waals surface area contributed by atoms with E-state index < -0.39 is 39.6 Å². The Balaban J connectivity index is 1.51. The van der Waals surface area contributed by atoms with Gasteiger partial charge in [0.15, 0.2) is 0 Å². The summed E-state index contributed by atoms with van der Waals surface area (Å²) in [7, 11) is -3.56. The molecule has 3 fully saturated rings. The second-order valence-electron chi connectivity index (χ2n) is 10.0. The number of nitrogens with zero attached hydrogens (tertiary/aromatic N) is 1. The molecule has 0 bridgehead atoms. The van der Waals surface area contributed by atoms with Crippen molar-refractivity contribution in [2.24, 2.45) is 11.3 Å². The van der Waals surface area contributed by atoms with E-state index in [1.807, 2.05) is 0 Å². The molecule has 0 unspecified atom stereocenters. The van der Waals surface area contributed by atoms with Crippen LogP contribution < -0.4 is 4.72 Å². The first-order chi connectivity index (χ1) is 16.1. The number of sulfonamides is 1. The summed E-state index contributed by atoms with van der Waals surface area (Å²) in [4.78, 5) is 15.0. The van der Waals surface area contributed by atoms with Gasteiger partial charge in [-0.15, -0.1) is 0 Å². The van der Waals surface area contributed by atoms with Crippen LogP contribution in [0.1, 0.15) is 37.7 Å². The molecule has 1 amide bonds. The Morgan fingerprint density at radius 3 is 2.35 bits per heavy atom. The number of carbonyl (C=O) groups is 1. The number of benzene rings is 2. The van der Waals surface area contributed by atoms with Crippen LogP contribution >= 0.6 is 0 Å². The van der Waals surface area contributed by atoms with E-state index in [-0.39, 0.29) is 40.4 Å². The fourth-order valence-corrected chi connectivity index (χ4v) is 6.33. The molecule has 1 aliphatic heterocycles. The zero-order chi connectivity index (χ0) is 24.3. The van der Waals surface area contributed by atoms with E-state index in [9.17, 15) is 22.0 Å². The summed E-state index contributed by atoms with van der Waals surface area (Å²) in [5, 5.41) is 0. The normalized spacial score (nSPS) is 23.8. The van der Waals surface area contributed by atoms with E-state index in [0.29, 0.717) is 6.54 Å². The average Bonchev–Trinajstić information content (AvgIpc) is 3.42. The van der Waals surface area contributed by atoms with Crippen molar-refractivity contribution >= 4 is 15.9 Å². The van der Waals surface area contributed by atoms with Crippen molar-refractivity contribution in [2.45, 2.75) is 50.6 Å². The van der Waals surface area contributed by atoms with Crippen molar-refractivity contribution in [3.8, 4) is 11.1 Å². The van der Waals surface area contributed by atoms with Crippen LogP contribution in [0.2, 0.25) is 0 Å². The maximum absolute atomic E-state index is 15.6. The van der Waals surface area contributed by atoms with Crippen LogP contribution in [0.4, 0.5) is 13.2 Å². The van der Waals surface area contributed by atoms with Gasteiger partial charge in [-0.2, -0.15) is 0 Å². The minimum atomic E-state index is -3.56. The van der Waals surface area contributed by atoms with Crippen LogP contribution in [0, 0.1) is 28.8 Å². The fourth-order valence-electron chi connectivity index (χ4n) is 5.46. The Morgan fingerprint density at radius 1 is 1.12 bits per heavy atom. The Morgan fingerprint density at radius 2 is 1.79 bits per heavy atom. The van der Waals surface area contributed by atoms with Gasteiger partial charge in [0.05, 0.1) is 12.3 Å². The number of rotatable bonds is 6. The Hall–Kier alpha value is -2.39. The summed E-state index contributed by atoms with van der Waals surface area (Å²) in [6, 6.07) is 6.45. The summed E-state index contributed by atoms with van der Waals surface area (Å²) in [5.41, 5.74) is 0.0821. The van der Waals surface area contributed by atoms with Crippen molar-refractivity contribution in [3.05, 3.63) is 59.4 Å². The van der Waals surface area contributed by atoms with Gasteiger partial charge in [-0.05, 0) is 55.4 Å². The molecule has 5 nitrogen and oxygen atoms in total. The fraction of sp³-hybridized carbons (Fsp3) is 0.480.